The van der Waals surface area contributed by atoms with Crippen molar-refractivity contribution in [3.63, 3.8) is 0 Å². The highest BCUT2D eigenvalue weighted by atomic mass is 79.9. The molecule has 0 aromatic heterocycles. The van der Waals surface area contributed by atoms with E-state index in [1.54, 1.807) is 12.1 Å². The van der Waals surface area contributed by atoms with E-state index in [9.17, 15) is 5.11 Å². The highest BCUT2D eigenvalue weighted by Crippen LogP contribution is 2.35. The Bertz CT molecular complexity index is 1450. The fourth-order valence-electron chi connectivity index (χ4n) is 3.86. The SMILES string of the molecule is Oc1ccc(C2=C3C=CC(=N3)C=C3C=CC(=N3)C=C3C=CC(=N3)C=C3C=C(Br)C2=N3)cc1. The lowest BCUT2D eigenvalue weighted by Crippen LogP contribution is -2.02. The number of nitrogens with zero attached hydrogens (tertiary/aromatic N) is 4. The maximum Gasteiger partial charge on any atom is 0.115 e. The topological polar surface area (TPSA) is 69.7 Å². The molecule has 0 saturated carbocycles. The van der Waals surface area contributed by atoms with Crippen molar-refractivity contribution >= 4 is 44.3 Å². The molecule has 0 aliphatic carbocycles. The monoisotopic (exact) mass is 478 g/mol. The Kier molecular flexibility index (Phi) is 4.33. The average molecular weight is 479 g/mol. The van der Waals surface area contributed by atoms with Gasteiger partial charge in [0, 0.05) is 10.1 Å². The average Bonchev–Trinajstić information content (AvgIpc) is 3.55. The summed E-state index contributed by atoms with van der Waals surface area (Å²) >= 11 is 3.69. The van der Waals surface area contributed by atoms with Crippen LogP contribution in [0.3, 0.4) is 0 Å². The third kappa shape index (κ3) is 3.44. The Balaban J connectivity index is 1.59. The van der Waals surface area contributed by atoms with Crippen molar-refractivity contribution in [1.82, 2.24) is 0 Å². The van der Waals surface area contributed by atoms with Gasteiger partial charge in [-0.15, -0.1) is 0 Å². The maximum absolute atomic E-state index is 9.78. The third-order valence-corrected chi connectivity index (χ3v) is 5.91. The van der Waals surface area contributed by atoms with Crippen molar-refractivity contribution in [2.75, 3.05) is 0 Å². The molecule has 1 aromatic rings. The van der Waals surface area contributed by atoms with Gasteiger partial charge in [0.15, 0.2) is 0 Å². The minimum Gasteiger partial charge on any atom is -0.508 e. The third-order valence-electron chi connectivity index (χ3n) is 5.31. The van der Waals surface area contributed by atoms with E-state index in [1.165, 1.54) is 0 Å². The minimum atomic E-state index is 0.212. The van der Waals surface area contributed by atoms with Gasteiger partial charge in [0.25, 0.3) is 0 Å². The molecule has 5 aliphatic heterocycles. The molecular formula is C26H15BrN4O. The lowest BCUT2D eigenvalue weighted by molar-refractivity contribution is 0.475. The number of allylic oxidation sites excluding steroid dienone is 12. The summed E-state index contributed by atoms with van der Waals surface area (Å²) in [5, 5.41) is 9.78. The summed E-state index contributed by atoms with van der Waals surface area (Å²) < 4.78 is 0.866. The lowest BCUT2D eigenvalue weighted by atomic mass is 9.98. The fraction of sp³-hybridized carbons (Fsp3) is 0. The molecule has 6 rings (SSSR count). The molecule has 0 saturated heterocycles. The first-order valence-electron chi connectivity index (χ1n) is 10.1. The van der Waals surface area contributed by atoms with Crippen LogP contribution in [0.25, 0.3) is 5.57 Å². The molecule has 1 aromatic carbocycles. The van der Waals surface area contributed by atoms with Gasteiger partial charge in [0.1, 0.15) is 5.75 Å². The fourth-order valence-corrected chi connectivity index (χ4v) is 4.38. The molecule has 0 atom stereocenters. The van der Waals surface area contributed by atoms with Gasteiger partial charge in [-0.2, -0.15) is 0 Å². The molecule has 0 unspecified atom stereocenters. The van der Waals surface area contributed by atoms with E-state index in [4.69, 9.17) is 9.98 Å². The first-order chi connectivity index (χ1) is 15.6. The minimum absolute atomic E-state index is 0.212. The molecule has 32 heavy (non-hydrogen) atoms. The maximum atomic E-state index is 9.78. The molecule has 152 valence electrons. The zero-order chi connectivity index (χ0) is 21.7. The van der Waals surface area contributed by atoms with E-state index in [0.717, 1.165) is 61.3 Å². The quantitative estimate of drug-likeness (QED) is 0.565. The number of aromatic hydroxyl groups is 1. The Hall–Kier alpha value is -3.90. The Labute approximate surface area is 192 Å². The van der Waals surface area contributed by atoms with E-state index in [0.29, 0.717) is 0 Å². The van der Waals surface area contributed by atoms with Crippen LogP contribution in [0.15, 0.2) is 132 Å². The molecule has 6 heteroatoms. The van der Waals surface area contributed by atoms with E-state index >= 15 is 0 Å². The zero-order valence-electron chi connectivity index (χ0n) is 16.7. The summed E-state index contributed by atoms with van der Waals surface area (Å²) in [6, 6.07) is 7.08. The molecule has 5 heterocycles. The van der Waals surface area contributed by atoms with E-state index in [1.807, 2.05) is 72.9 Å². The van der Waals surface area contributed by atoms with Crippen molar-refractivity contribution in [1.29, 1.82) is 0 Å². The second kappa shape index (κ2) is 7.35. The summed E-state index contributed by atoms with van der Waals surface area (Å²) in [5.41, 5.74) is 8.36. The summed E-state index contributed by atoms with van der Waals surface area (Å²) in [6.07, 6.45) is 19.7. The van der Waals surface area contributed by atoms with Gasteiger partial charge < -0.3 is 5.11 Å². The predicted octanol–water partition coefficient (Wildman–Crippen LogP) is 5.53. The van der Waals surface area contributed by atoms with Crippen LogP contribution in [-0.4, -0.2) is 28.0 Å². The number of rotatable bonds is 1. The lowest BCUT2D eigenvalue weighted by Gasteiger charge is -2.10. The number of phenolic OH excluding ortho intramolecular Hbond substituents is 1. The number of fused-ring (bicyclic) bond motifs is 4. The highest BCUT2D eigenvalue weighted by molar-refractivity contribution is 9.12. The molecule has 5 nitrogen and oxygen atoms in total. The highest BCUT2D eigenvalue weighted by Gasteiger charge is 2.23. The van der Waals surface area contributed by atoms with Crippen LogP contribution in [0.1, 0.15) is 5.56 Å². The number of benzene rings is 1. The van der Waals surface area contributed by atoms with Gasteiger partial charge in [0.05, 0.1) is 45.6 Å². The summed E-state index contributed by atoms with van der Waals surface area (Å²) in [4.78, 5) is 19.1. The van der Waals surface area contributed by atoms with Crippen molar-refractivity contribution in [3.8, 4) is 5.75 Å². The first kappa shape index (κ1) is 18.8. The van der Waals surface area contributed by atoms with Crippen LogP contribution in [-0.2, 0) is 0 Å². The molecule has 0 spiro atoms. The van der Waals surface area contributed by atoms with Crippen molar-refractivity contribution in [2.45, 2.75) is 0 Å². The van der Waals surface area contributed by atoms with Crippen LogP contribution in [0, 0.1) is 0 Å². The van der Waals surface area contributed by atoms with Gasteiger partial charge in [-0.1, -0.05) is 12.1 Å². The van der Waals surface area contributed by atoms with Crippen LogP contribution in [0.4, 0.5) is 0 Å². The second-order valence-corrected chi connectivity index (χ2v) is 8.43. The number of hydrogen-bond donors (Lipinski definition) is 1. The molecule has 5 aliphatic rings. The van der Waals surface area contributed by atoms with Gasteiger partial charge in [0.2, 0.25) is 0 Å². The number of aliphatic imine (C=N–C) groups is 4. The van der Waals surface area contributed by atoms with Crippen LogP contribution < -0.4 is 0 Å². The van der Waals surface area contributed by atoms with Crippen LogP contribution in [0.5, 0.6) is 5.75 Å². The molecule has 8 bridgehead atoms. The van der Waals surface area contributed by atoms with Crippen molar-refractivity contribution in [3.05, 3.63) is 118 Å². The van der Waals surface area contributed by atoms with Gasteiger partial charge in [-0.3, -0.25) is 0 Å². The van der Waals surface area contributed by atoms with E-state index < -0.39 is 0 Å². The van der Waals surface area contributed by atoms with Gasteiger partial charge in [-0.25, -0.2) is 20.0 Å². The van der Waals surface area contributed by atoms with E-state index in [2.05, 4.69) is 25.9 Å². The zero-order valence-corrected chi connectivity index (χ0v) is 18.3. The first-order valence-corrected chi connectivity index (χ1v) is 10.9. The van der Waals surface area contributed by atoms with Crippen LogP contribution in [0.2, 0.25) is 0 Å². The molecule has 0 radical (unpaired) electrons. The molecule has 0 fully saturated rings. The Morgan fingerprint density at radius 1 is 0.594 bits per heavy atom. The number of phenols is 1. The smallest absolute Gasteiger partial charge is 0.115 e. The molecular weight excluding hydrogens is 464 g/mol. The summed E-state index contributed by atoms with van der Waals surface area (Å²) in [7, 11) is 0. The standard InChI is InChI=1S/C26H15BrN4O/c27-23-14-21-13-19-6-5-17(29-19)11-16-3-4-18(28-16)12-20-7-10-24(30-20)25(26(23)31-21)15-1-8-22(32)9-2-15/h1-14,32H. The Morgan fingerprint density at radius 2 is 1.19 bits per heavy atom. The van der Waals surface area contributed by atoms with Gasteiger partial charge in [-0.05, 0) is 94.4 Å². The van der Waals surface area contributed by atoms with Crippen molar-refractivity contribution < 1.29 is 5.11 Å². The van der Waals surface area contributed by atoms with E-state index in [-0.39, 0.29) is 5.75 Å². The number of halogens is 1. The normalized spacial score (nSPS) is 20.5. The van der Waals surface area contributed by atoms with Crippen LogP contribution >= 0.6 is 15.9 Å². The molecule has 1 N–H and O–H groups in total. The summed E-state index contributed by atoms with van der Waals surface area (Å²) in [5.74, 6) is 0.212. The summed E-state index contributed by atoms with van der Waals surface area (Å²) in [6.45, 7) is 0. The predicted molar refractivity (Wildman–Crippen MR) is 133 cm³/mol. The molecule has 0 amide bonds. The number of hydrogen-bond acceptors (Lipinski definition) is 5. The van der Waals surface area contributed by atoms with Gasteiger partial charge >= 0.3 is 0 Å². The second-order valence-electron chi connectivity index (χ2n) is 7.58. The van der Waals surface area contributed by atoms with Crippen molar-refractivity contribution in [2.24, 2.45) is 20.0 Å². The largest absolute Gasteiger partial charge is 0.508 e. The Morgan fingerprint density at radius 3 is 1.88 bits per heavy atom.